The number of alkyl halides is 3. The van der Waals surface area contributed by atoms with Crippen molar-refractivity contribution in [3.8, 4) is 0 Å². The Morgan fingerprint density at radius 2 is 1.72 bits per heavy atom. The molecule has 2 N–H and O–H groups in total. The average molecular weight is 267 g/mol. The highest BCUT2D eigenvalue weighted by Crippen LogP contribution is 2.49. The van der Waals surface area contributed by atoms with Crippen LogP contribution in [0.2, 0.25) is 0 Å². The lowest BCUT2D eigenvalue weighted by Crippen LogP contribution is -2.48. The maximum Gasteiger partial charge on any atom is 0.411 e. The number of nitrogens with one attached hydrogen (secondary N) is 1. The van der Waals surface area contributed by atoms with Crippen molar-refractivity contribution < 1.29 is 27.9 Å². The molecule has 104 valence electrons. The van der Waals surface area contributed by atoms with Gasteiger partial charge in [-0.25, -0.2) is 0 Å². The van der Waals surface area contributed by atoms with Gasteiger partial charge in [0.05, 0.1) is 6.42 Å². The minimum Gasteiger partial charge on any atom is -0.481 e. The summed E-state index contributed by atoms with van der Waals surface area (Å²) >= 11 is 0. The van der Waals surface area contributed by atoms with Gasteiger partial charge < -0.3 is 10.4 Å². The number of amides is 1. The van der Waals surface area contributed by atoms with Gasteiger partial charge in [0.25, 0.3) is 0 Å². The van der Waals surface area contributed by atoms with Crippen LogP contribution < -0.4 is 5.32 Å². The maximum absolute atomic E-state index is 12.6. The number of rotatable bonds is 5. The van der Waals surface area contributed by atoms with E-state index in [2.05, 4.69) is 0 Å². The standard InChI is InChI=1S/C11H16F3NO3/c1-9(2,6-8(17)18)5-7(16)15-10(3-4-10)11(12,13)14/h3-6H2,1-2H3,(H,15,16)(H,17,18). The van der Waals surface area contributed by atoms with E-state index in [4.69, 9.17) is 5.11 Å². The number of hydrogen-bond acceptors (Lipinski definition) is 2. The molecule has 0 heterocycles. The molecular formula is C11H16F3NO3. The van der Waals surface area contributed by atoms with E-state index in [1.807, 2.05) is 5.32 Å². The van der Waals surface area contributed by atoms with Crippen LogP contribution in [0.4, 0.5) is 13.2 Å². The third-order valence-electron chi connectivity index (χ3n) is 2.94. The third kappa shape index (κ3) is 3.61. The summed E-state index contributed by atoms with van der Waals surface area (Å²) in [5, 5.41) is 10.6. The molecule has 1 aliphatic rings. The van der Waals surface area contributed by atoms with E-state index in [-0.39, 0.29) is 25.7 Å². The van der Waals surface area contributed by atoms with Crippen LogP contribution in [-0.4, -0.2) is 28.7 Å². The monoisotopic (exact) mass is 267 g/mol. The summed E-state index contributed by atoms with van der Waals surface area (Å²) in [4.78, 5) is 22.1. The van der Waals surface area contributed by atoms with Gasteiger partial charge in [0, 0.05) is 6.42 Å². The first kappa shape index (κ1) is 14.8. The first-order valence-corrected chi connectivity index (χ1v) is 5.57. The van der Waals surface area contributed by atoms with Gasteiger partial charge in [0.2, 0.25) is 5.91 Å². The second kappa shape index (κ2) is 4.44. The van der Waals surface area contributed by atoms with Crippen LogP contribution in [0.15, 0.2) is 0 Å². The molecule has 1 aliphatic carbocycles. The summed E-state index contributed by atoms with van der Waals surface area (Å²) in [7, 11) is 0. The van der Waals surface area contributed by atoms with Gasteiger partial charge in [-0.15, -0.1) is 0 Å². The molecule has 0 aromatic rings. The van der Waals surface area contributed by atoms with Gasteiger partial charge in [-0.1, -0.05) is 13.8 Å². The molecule has 1 saturated carbocycles. The van der Waals surface area contributed by atoms with Gasteiger partial charge in [0.15, 0.2) is 0 Å². The van der Waals surface area contributed by atoms with Crippen molar-refractivity contribution in [2.24, 2.45) is 5.41 Å². The van der Waals surface area contributed by atoms with E-state index < -0.39 is 29.0 Å². The van der Waals surface area contributed by atoms with E-state index in [0.717, 1.165) is 0 Å². The van der Waals surface area contributed by atoms with E-state index in [1.165, 1.54) is 13.8 Å². The van der Waals surface area contributed by atoms with Crippen LogP contribution >= 0.6 is 0 Å². The second-order valence-corrected chi connectivity index (χ2v) is 5.54. The van der Waals surface area contributed by atoms with Crippen LogP contribution in [0.1, 0.15) is 39.5 Å². The number of carboxylic acids is 1. The molecule has 18 heavy (non-hydrogen) atoms. The lowest BCUT2D eigenvalue weighted by atomic mass is 9.85. The van der Waals surface area contributed by atoms with Gasteiger partial charge in [-0.05, 0) is 18.3 Å². The zero-order chi connectivity index (χ0) is 14.2. The predicted octanol–water partition coefficient (Wildman–Crippen LogP) is 2.09. The molecular weight excluding hydrogens is 251 g/mol. The van der Waals surface area contributed by atoms with Crippen LogP contribution in [0.5, 0.6) is 0 Å². The van der Waals surface area contributed by atoms with Crippen molar-refractivity contribution in [3.05, 3.63) is 0 Å². The van der Waals surface area contributed by atoms with E-state index >= 15 is 0 Å². The molecule has 0 aliphatic heterocycles. The fraction of sp³-hybridized carbons (Fsp3) is 0.818. The van der Waals surface area contributed by atoms with E-state index in [9.17, 15) is 22.8 Å². The van der Waals surface area contributed by atoms with Gasteiger partial charge >= 0.3 is 12.1 Å². The molecule has 1 rings (SSSR count). The Kier molecular flexibility index (Phi) is 3.65. The second-order valence-electron chi connectivity index (χ2n) is 5.54. The lowest BCUT2D eigenvalue weighted by molar-refractivity contribution is -0.171. The van der Waals surface area contributed by atoms with Gasteiger partial charge in [-0.3, -0.25) is 9.59 Å². The summed E-state index contributed by atoms with van der Waals surface area (Å²) in [6.07, 6.45) is -5.17. The Labute approximate surface area is 103 Å². The Balaban J connectivity index is 2.55. The lowest BCUT2D eigenvalue weighted by Gasteiger charge is -2.25. The van der Waals surface area contributed by atoms with E-state index in [0.29, 0.717) is 0 Å². The summed E-state index contributed by atoms with van der Waals surface area (Å²) < 4.78 is 37.8. The van der Waals surface area contributed by atoms with E-state index in [1.54, 1.807) is 0 Å². The van der Waals surface area contributed by atoms with Crippen LogP contribution in [0.25, 0.3) is 0 Å². The minimum atomic E-state index is -4.44. The number of hydrogen-bond donors (Lipinski definition) is 2. The number of aliphatic carboxylic acids is 1. The molecule has 4 nitrogen and oxygen atoms in total. The Bertz CT molecular complexity index is 359. The van der Waals surface area contributed by atoms with Crippen LogP contribution in [-0.2, 0) is 9.59 Å². The number of carbonyl (C=O) groups excluding carboxylic acids is 1. The molecule has 0 atom stereocenters. The SMILES string of the molecule is CC(C)(CC(=O)O)CC(=O)NC1(C(F)(F)F)CC1. The Hall–Kier alpha value is -1.27. The molecule has 0 unspecified atom stereocenters. The average Bonchev–Trinajstić information content (AvgIpc) is 2.78. The van der Waals surface area contributed by atoms with Crippen molar-refractivity contribution in [1.82, 2.24) is 5.32 Å². The smallest absolute Gasteiger partial charge is 0.411 e. The molecule has 1 amide bonds. The molecule has 0 radical (unpaired) electrons. The van der Waals surface area contributed by atoms with Crippen LogP contribution in [0.3, 0.4) is 0 Å². The third-order valence-corrected chi connectivity index (χ3v) is 2.94. The van der Waals surface area contributed by atoms with Crippen molar-refractivity contribution >= 4 is 11.9 Å². The summed E-state index contributed by atoms with van der Waals surface area (Å²) in [5.74, 6) is -1.83. The first-order chi connectivity index (χ1) is 7.97. The van der Waals surface area contributed by atoms with Crippen molar-refractivity contribution in [1.29, 1.82) is 0 Å². The largest absolute Gasteiger partial charge is 0.481 e. The Morgan fingerprint density at radius 1 is 1.22 bits per heavy atom. The molecule has 0 aromatic carbocycles. The number of halogens is 3. The molecule has 0 saturated heterocycles. The zero-order valence-corrected chi connectivity index (χ0v) is 10.2. The van der Waals surface area contributed by atoms with Gasteiger partial charge in [-0.2, -0.15) is 13.2 Å². The maximum atomic E-state index is 12.6. The van der Waals surface area contributed by atoms with Crippen molar-refractivity contribution in [2.75, 3.05) is 0 Å². The quantitative estimate of drug-likeness (QED) is 0.801. The molecule has 0 spiro atoms. The Morgan fingerprint density at radius 3 is 2.06 bits per heavy atom. The fourth-order valence-electron chi connectivity index (χ4n) is 1.82. The first-order valence-electron chi connectivity index (χ1n) is 5.57. The fourth-order valence-corrected chi connectivity index (χ4v) is 1.82. The van der Waals surface area contributed by atoms with Crippen molar-refractivity contribution in [3.63, 3.8) is 0 Å². The molecule has 7 heteroatoms. The molecule has 0 bridgehead atoms. The topological polar surface area (TPSA) is 66.4 Å². The summed E-state index contributed by atoms with van der Waals surface area (Å²) in [6.45, 7) is 3.07. The summed E-state index contributed by atoms with van der Waals surface area (Å²) in [6, 6.07) is 0. The molecule has 0 aromatic heterocycles. The predicted molar refractivity (Wildman–Crippen MR) is 56.8 cm³/mol. The normalized spacial score (nSPS) is 18.3. The van der Waals surface area contributed by atoms with Crippen LogP contribution in [0, 0.1) is 5.41 Å². The highest BCUT2D eigenvalue weighted by molar-refractivity contribution is 5.79. The zero-order valence-electron chi connectivity index (χ0n) is 10.2. The number of carbonyl (C=O) groups is 2. The van der Waals surface area contributed by atoms with Gasteiger partial charge in [0.1, 0.15) is 5.54 Å². The minimum absolute atomic E-state index is 0.110. The molecule has 1 fully saturated rings. The highest BCUT2D eigenvalue weighted by atomic mass is 19.4. The highest BCUT2D eigenvalue weighted by Gasteiger charge is 2.64. The summed E-state index contributed by atoms with van der Waals surface area (Å²) in [5.41, 5.74) is -2.94. The van der Waals surface area contributed by atoms with Crippen molar-refractivity contribution in [2.45, 2.75) is 51.2 Å². The number of carboxylic acid groups (broad SMARTS) is 1.